The molecule has 0 radical (unpaired) electrons. The Hall–Kier alpha value is -3.28. The summed E-state index contributed by atoms with van der Waals surface area (Å²) in [6, 6.07) is 12.8. The molecule has 0 saturated heterocycles. The monoisotopic (exact) mass is 350 g/mol. The van der Waals surface area contributed by atoms with Gasteiger partial charge in [-0.3, -0.25) is 0 Å². The molecule has 0 unspecified atom stereocenters. The van der Waals surface area contributed by atoms with E-state index in [1.807, 2.05) is 37.3 Å². The molecular formula is C20H18N2O4. The molecule has 0 saturated carbocycles. The van der Waals surface area contributed by atoms with Gasteiger partial charge in [0.2, 0.25) is 0 Å². The quantitative estimate of drug-likeness (QED) is 0.430. The van der Waals surface area contributed by atoms with E-state index in [1.165, 1.54) is 0 Å². The van der Waals surface area contributed by atoms with Gasteiger partial charge in [-0.15, -0.1) is 0 Å². The Balaban J connectivity index is 1.98. The maximum absolute atomic E-state index is 13.0. The molecule has 0 aliphatic carbocycles. The van der Waals surface area contributed by atoms with E-state index in [9.17, 15) is 9.59 Å². The standard InChI is InChI=1S/C20H18N2O4/c1-3-25-18(23)20(14-11-21-15-9-5-4-8-13(14)15)19(24)26-16-10-6-7-12(2)17(16)22-20/h4-11,21-22H,3H2,1-2H3/t20-/m1/s1. The molecule has 1 atom stereocenters. The molecule has 6 nitrogen and oxygen atoms in total. The highest BCUT2D eigenvalue weighted by atomic mass is 16.6. The molecule has 0 amide bonds. The van der Waals surface area contributed by atoms with Gasteiger partial charge >= 0.3 is 11.9 Å². The maximum Gasteiger partial charge on any atom is 0.354 e. The van der Waals surface area contributed by atoms with Crippen LogP contribution in [0.15, 0.2) is 48.7 Å². The molecule has 6 heteroatoms. The summed E-state index contributed by atoms with van der Waals surface area (Å²) < 4.78 is 10.8. The number of anilines is 1. The zero-order chi connectivity index (χ0) is 18.3. The fourth-order valence-corrected chi connectivity index (χ4v) is 3.34. The number of rotatable bonds is 3. The zero-order valence-electron chi connectivity index (χ0n) is 14.5. The van der Waals surface area contributed by atoms with E-state index in [-0.39, 0.29) is 6.61 Å². The molecule has 1 aliphatic rings. The van der Waals surface area contributed by atoms with Gasteiger partial charge in [0, 0.05) is 22.7 Å². The lowest BCUT2D eigenvalue weighted by molar-refractivity contribution is -0.159. The summed E-state index contributed by atoms with van der Waals surface area (Å²) in [4.78, 5) is 29.2. The first kappa shape index (κ1) is 16.2. The molecule has 0 spiro atoms. The van der Waals surface area contributed by atoms with Gasteiger partial charge < -0.3 is 19.8 Å². The lowest BCUT2D eigenvalue weighted by Gasteiger charge is -2.35. The van der Waals surface area contributed by atoms with Crippen molar-refractivity contribution in [3.8, 4) is 5.75 Å². The number of aromatic nitrogens is 1. The van der Waals surface area contributed by atoms with Crippen molar-refractivity contribution >= 4 is 28.5 Å². The normalized spacial score (nSPS) is 18.8. The van der Waals surface area contributed by atoms with E-state index in [0.29, 0.717) is 17.0 Å². The van der Waals surface area contributed by atoms with Gasteiger partial charge in [-0.1, -0.05) is 30.3 Å². The molecule has 3 aromatic rings. The van der Waals surface area contributed by atoms with Crippen LogP contribution in [0.4, 0.5) is 5.69 Å². The first-order chi connectivity index (χ1) is 12.6. The lowest BCUT2D eigenvalue weighted by Crippen LogP contribution is -2.55. The zero-order valence-corrected chi connectivity index (χ0v) is 14.5. The topological polar surface area (TPSA) is 80.4 Å². The maximum atomic E-state index is 13.0. The second-order valence-corrected chi connectivity index (χ2v) is 6.18. The Morgan fingerprint density at radius 2 is 2.00 bits per heavy atom. The predicted octanol–water partition coefficient (Wildman–Crippen LogP) is 3.27. The van der Waals surface area contributed by atoms with Crippen molar-refractivity contribution in [3.63, 3.8) is 0 Å². The van der Waals surface area contributed by atoms with Gasteiger partial charge in [-0.25, -0.2) is 9.59 Å². The second-order valence-electron chi connectivity index (χ2n) is 6.18. The number of aromatic amines is 1. The number of hydrogen-bond acceptors (Lipinski definition) is 5. The van der Waals surface area contributed by atoms with Crippen LogP contribution in [-0.2, 0) is 19.9 Å². The minimum atomic E-state index is -1.77. The van der Waals surface area contributed by atoms with Crippen LogP contribution in [0.5, 0.6) is 5.75 Å². The summed E-state index contributed by atoms with van der Waals surface area (Å²) in [6.07, 6.45) is 1.65. The average molecular weight is 350 g/mol. The average Bonchev–Trinajstić information content (AvgIpc) is 3.06. The Bertz CT molecular complexity index is 1020. The Morgan fingerprint density at radius 1 is 1.19 bits per heavy atom. The highest BCUT2D eigenvalue weighted by Gasteiger charge is 2.55. The van der Waals surface area contributed by atoms with E-state index in [2.05, 4.69) is 10.3 Å². The number of carbonyl (C=O) groups is 2. The van der Waals surface area contributed by atoms with Gasteiger partial charge in [-0.2, -0.15) is 0 Å². The minimum Gasteiger partial charge on any atom is -0.464 e. The van der Waals surface area contributed by atoms with Gasteiger partial charge in [0.1, 0.15) is 0 Å². The largest absolute Gasteiger partial charge is 0.464 e. The third-order valence-corrected chi connectivity index (χ3v) is 4.63. The van der Waals surface area contributed by atoms with E-state index in [1.54, 1.807) is 25.3 Å². The molecule has 26 heavy (non-hydrogen) atoms. The van der Waals surface area contributed by atoms with E-state index in [0.717, 1.165) is 16.5 Å². The van der Waals surface area contributed by atoms with Crippen molar-refractivity contribution < 1.29 is 19.1 Å². The lowest BCUT2D eigenvalue weighted by atomic mass is 9.87. The third kappa shape index (κ3) is 2.19. The van der Waals surface area contributed by atoms with Crippen LogP contribution in [0, 0.1) is 6.92 Å². The number of fused-ring (bicyclic) bond motifs is 2. The summed E-state index contributed by atoms with van der Waals surface area (Å²) in [5.74, 6) is -1.00. The van der Waals surface area contributed by atoms with E-state index < -0.39 is 17.5 Å². The van der Waals surface area contributed by atoms with Gasteiger partial charge in [0.15, 0.2) is 5.75 Å². The van der Waals surface area contributed by atoms with E-state index in [4.69, 9.17) is 9.47 Å². The van der Waals surface area contributed by atoms with Crippen LogP contribution in [0.3, 0.4) is 0 Å². The first-order valence-corrected chi connectivity index (χ1v) is 8.42. The van der Waals surface area contributed by atoms with Gasteiger partial charge in [-0.05, 0) is 31.5 Å². The minimum absolute atomic E-state index is 0.151. The molecular weight excluding hydrogens is 332 g/mol. The van der Waals surface area contributed by atoms with Gasteiger partial charge in [0.05, 0.1) is 12.3 Å². The molecule has 1 aromatic heterocycles. The third-order valence-electron chi connectivity index (χ3n) is 4.63. The smallest absolute Gasteiger partial charge is 0.354 e. The molecule has 1 aliphatic heterocycles. The summed E-state index contributed by atoms with van der Waals surface area (Å²) in [5, 5.41) is 3.89. The highest BCUT2D eigenvalue weighted by Crippen LogP contribution is 2.42. The summed E-state index contributed by atoms with van der Waals surface area (Å²) in [7, 11) is 0. The number of nitrogens with one attached hydrogen (secondary N) is 2. The highest BCUT2D eigenvalue weighted by molar-refractivity contribution is 6.14. The number of ether oxygens (including phenoxy) is 2. The van der Waals surface area contributed by atoms with Crippen LogP contribution >= 0.6 is 0 Å². The summed E-state index contributed by atoms with van der Waals surface area (Å²) in [5.41, 5.74) is 0.991. The molecule has 2 heterocycles. The van der Waals surface area contributed by atoms with Crippen LogP contribution in [0.25, 0.3) is 10.9 Å². The first-order valence-electron chi connectivity index (χ1n) is 8.42. The number of para-hydroxylation sites is 2. The van der Waals surface area contributed by atoms with Crippen molar-refractivity contribution in [1.82, 2.24) is 4.98 Å². The summed E-state index contributed by atoms with van der Waals surface area (Å²) in [6.45, 7) is 3.74. The number of benzene rings is 2. The van der Waals surface area contributed by atoms with Crippen LogP contribution in [0.1, 0.15) is 18.1 Å². The van der Waals surface area contributed by atoms with Crippen LogP contribution < -0.4 is 10.1 Å². The van der Waals surface area contributed by atoms with Crippen LogP contribution in [-0.4, -0.2) is 23.5 Å². The fraction of sp³-hybridized carbons (Fsp3) is 0.200. The van der Waals surface area contributed by atoms with Crippen molar-refractivity contribution in [1.29, 1.82) is 0 Å². The number of esters is 2. The van der Waals surface area contributed by atoms with Crippen molar-refractivity contribution in [3.05, 3.63) is 59.8 Å². The molecule has 4 rings (SSSR count). The predicted molar refractivity (Wildman–Crippen MR) is 97.0 cm³/mol. The number of carbonyl (C=O) groups excluding carboxylic acids is 2. The number of H-pyrrole nitrogens is 1. The van der Waals surface area contributed by atoms with Crippen molar-refractivity contribution in [2.24, 2.45) is 0 Å². The number of aryl methyl sites for hydroxylation is 1. The Kier molecular flexibility index (Phi) is 3.68. The molecule has 2 N–H and O–H groups in total. The molecule has 132 valence electrons. The molecule has 2 aromatic carbocycles. The molecule has 0 bridgehead atoms. The van der Waals surface area contributed by atoms with Crippen molar-refractivity contribution in [2.75, 3.05) is 11.9 Å². The molecule has 0 fully saturated rings. The SMILES string of the molecule is CCOC(=O)[C@@]1(c2c[nH]c3ccccc23)Nc2c(C)cccc2OC1=O. The van der Waals surface area contributed by atoms with Crippen LogP contribution in [0.2, 0.25) is 0 Å². The van der Waals surface area contributed by atoms with Gasteiger partial charge in [0.25, 0.3) is 5.54 Å². The van der Waals surface area contributed by atoms with E-state index >= 15 is 0 Å². The summed E-state index contributed by atoms with van der Waals surface area (Å²) >= 11 is 0. The Morgan fingerprint density at radius 3 is 2.81 bits per heavy atom. The fourth-order valence-electron chi connectivity index (χ4n) is 3.34. The second kappa shape index (κ2) is 5.91. The number of hydrogen-bond donors (Lipinski definition) is 2. The van der Waals surface area contributed by atoms with Crippen molar-refractivity contribution in [2.45, 2.75) is 19.4 Å². The Labute approximate surface area is 150 Å².